The molecule has 1 heterocycles. The van der Waals surface area contributed by atoms with E-state index in [2.05, 4.69) is 5.32 Å². The van der Waals surface area contributed by atoms with E-state index in [1.54, 1.807) is 0 Å². The van der Waals surface area contributed by atoms with E-state index in [0.29, 0.717) is 6.04 Å². The van der Waals surface area contributed by atoms with Gasteiger partial charge in [0.25, 0.3) is 0 Å². The minimum atomic E-state index is -0.216. The second kappa shape index (κ2) is 3.33. The molecule has 2 unspecified atom stereocenters. The summed E-state index contributed by atoms with van der Waals surface area (Å²) in [7, 11) is 0. The predicted octanol–water partition coefficient (Wildman–Crippen LogP) is 1.82. The fraction of sp³-hybridized carbons (Fsp3) is 0.889. The Labute approximate surface area is 72.5 Å². The Morgan fingerprint density at radius 2 is 1.92 bits per heavy atom. The highest BCUT2D eigenvalue weighted by Gasteiger charge is 2.33. The number of ether oxygens (including phenoxy) is 1. The third-order valence-corrected chi connectivity index (χ3v) is 2.76. The zero-order valence-electron chi connectivity index (χ0n) is 7.21. The number of amides is 1. The lowest BCUT2D eigenvalue weighted by molar-refractivity contribution is 0.120. The lowest BCUT2D eigenvalue weighted by atomic mass is 9.95. The molecular formula is C9H15NO2. The van der Waals surface area contributed by atoms with Gasteiger partial charge >= 0.3 is 6.09 Å². The molecule has 0 bridgehead atoms. The van der Waals surface area contributed by atoms with Gasteiger partial charge in [0.1, 0.15) is 6.10 Å². The molecule has 2 aliphatic rings. The standard InChI is InChI=1S/C9H15NO2/c11-9-10-7-5-3-1-2-4-6-8(7)12-9/h7-8H,1-6H2,(H,10,11). The minimum absolute atomic E-state index is 0.165. The third-order valence-electron chi connectivity index (χ3n) is 2.76. The molecule has 0 aromatic heterocycles. The minimum Gasteiger partial charge on any atom is -0.444 e. The van der Waals surface area contributed by atoms with Crippen LogP contribution < -0.4 is 5.32 Å². The van der Waals surface area contributed by atoms with Crippen LogP contribution in [0.4, 0.5) is 4.79 Å². The molecule has 1 saturated heterocycles. The van der Waals surface area contributed by atoms with Crippen molar-refractivity contribution >= 4 is 6.09 Å². The Bertz CT molecular complexity index is 163. The average Bonchev–Trinajstić information content (AvgIpc) is 2.32. The molecule has 1 saturated carbocycles. The second-order valence-corrected chi connectivity index (χ2v) is 3.69. The molecule has 0 aromatic carbocycles. The van der Waals surface area contributed by atoms with Gasteiger partial charge in [-0.3, -0.25) is 0 Å². The molecule has 2 fully saturated rings. The summed E-state index contributed by atoms with van der Waals surface area (Å²) in [6, 6.07) is 0.304. The van der Waals surface area contributed by atoms with Crippen LogP contribution in [0.15, 0.2) is 0 Å². The van der Waals surface area contributed by atoms with Gasteiger partial charge in [0.15, 0.2) is 0 Å². The molecule has 68 valence electrons. The summed E-state index contributed by atoms with van der Waals surface area (Å²) in [5.74, 6) is 0. The number of hydrogen-bond acceptors (Lipinski definition) is 2. The van der Waals surface area contributed by atoms with Crippen LogP contribution in [-0.2, 0) is 4.74 Å². The largest absolute Gasteiger partial charge is 0.444 e. The van der Waals surface area contributed by atoms with Crippen LogP contribution in [0.3, 0.4) is 0 Å². The van der Waals surface area contributed by atoms with Crippen molar-refractivity contribution in [3.8, 4) is 0 Å². The monoisotopic (exact) mass is 169 g/mol. The SMILES string of the molecule is O=C1NC2CCCCCCC2O1. The number of carbonyl (C=O) groups excluding carboxylic acids is 1. The molecular weight excluding hydrogens is 154 g/mol. The zero-order valence-corrected chi connectivity index (χ0v) is 7.21. The number of hydrogen-bond donors (Lipinski definition) is 1. The molecule has 12 heavy (non-hydrogen) atoms. The molecule has 3 nitrogen and oxygen atoms in total. The Morgan fingerprint density at radius 1 is 1.17 bits per heavy atom. The van der Waals surface area contributed by atoms with Crippen LogP contribution in [0.1, 0.15) is 38.5 Å². The first-order chi connectivity index (χ1) is 5.86. The Balaban J connectivity index is 1.96. The maximum absolute atomic E-state index is 10.9. The van der Waals surface area contributed by atoms with Gasteiger partial charge in [0, 0.05) is 0 Å². The van der Waals surface area contributed by atoms with Crippen LogP contribution in [0, 0.1) is 0 Å². The third kappa shape index (κ3) is 1.54. The zero-order chi connectivity index (χ0) is 8.39. The van der Waals surface area contributed by atoms with Crippen molar-refractivity contribution in [2.75, 3.05) is 0 Å². The van der Waals surface area contributed by atoms with Crippen LogP contribution >= 0.6 is 0 Å². The van der Waals surface area contributed by atoms with E-state index in [9.17, 15) is 4.79 Å². The molecule has 2 rings (SSSR count). The summed E-state index contributed by atoms with van der Waals surface area (Å²) in [4.78, 5) is 10.9. The van der Waals surface area contributed by atoms with E-state index >= 15 is 0 Å². The van der Waals surface area contributed by atoms with Crippen molar-refractivity contribution < 1.29 is 9.53 Å². The molecule has 0 radical (unpaired) electrons. The topological polar surface area (TPSA) is 38.3 Å². The highest BCUT2D eigenvalue weighted by molar-refractivity contribution is 5.70. The summed E-state index contributed by atoms with van der Waals surface area (Å²) in [5.41, 5.74) is 0. The molecule has 0 aromatic rings. The van der Waals surface area contributed by atoms with Crippen LogP contribution in [0.25, 0.3) is 0 Å². The summed E-state index contributed by atoms with van der Waals surface area (Å²) in [6.07, 6.45) is 7.12. The number of fused-ring (bicyclic) bond motifs is 1. The van der Waals surface area contributed by atoms with E-state index in [1.165, 1.54) is 25.7 Å². The fourth-order valence-corrected chi connectivity index (χ4v) is 2.08. The van der Waals surface area contributed by atoms with Gasteiger partial charge in [-0.25, -0.2) is 4.79 Å². The normalized spacial score (nSPS) is 35.8. The predicted molar refractivity (Wildman–Crippen MR) is 44.9 cm³/mol. The van der Waals surface area contributed by atoms with E-state index in [-0.39, 0.29) is 12.2 Å². The molecule has 2 atom stereocenters. The molecule has 0 spiro atoms. The maximum Gasteiger partial charge on any atom is 0.407 e. The average molecular weight is 169 g/mol. The van der Waals surface area contributed by atoms with Gasteiger partial charge in [0.2, 0.25) is 0 Å². The fourth-order valence-electron chi connectivity index (χ4n) is 2.08. The van der Waals surface area contributed by atoms with Crippen LogP contribution in [0.2, 0.25) is 0 Å². The highest BCUT2D eigenvalue weighted by atomic mass is 16.6. The highest BCUT2D eigenvalue weighted by Crippen LogP contribution is 2.23. The van der Waals surface area contributed by atoms with Gasteiger partial charge in [-0.1, -0.05) is 19.3 Å². The first-order valence-electron chi connectivity index (χ1n) is 4.83. The molecule has 1 amide bonds. The first kappa shape index (κ1) is 7.90. The molecule has 3 heteroatoms. The van der Waals surface area contributed by atoms with Gasteiger partial charge in [-0.2, -0.15) is 0 Å². The molecule has 1 aliphatic carbocycles. The summed E-state index contributed by atoms with van der Waals surface area (Å²) in [5, 5.41) is 2.86. The van der Waals surface area contributed by atoms with E-state index < -0.39 is 0 Å². The molecule has 1 N–H and O–H groups in total. The quantitative estimate of drug-likeness (QED) is 0.600. The van der Waals surface area contributed by atoms with Crippen LogP contribution in [-0.4, -0.2) is 18.2 Å². The first-order valence-corrected chi connectivity index (χ1v) is 4.83. The molecule has 1 aliphatic heterocycles. The smallest absolute Gasteiger partial charge is 0.407 e. The van der Waals surface area contributed by atoms with Crippen molar-refractivity contribution in [3.63, 3.8) is 0 Å². The number of rotatable bonds is 0. The van der Waals surface area contributed by atoms with Gasteiger partial charge in [0.05, 0.1) is 6.04 Å². The Hall–Kier alpha value is -0.730. The van der Waals surface area contributed by atoms with Gasteiger partial charge in [-0.05, 0) is 19.3 Å². The van der Waals surface area contributed by atoms with Crippen molar-refractivity contribution in [1.29, 1.82) is 0 Å². The Kier molecular flexibility index (Phi) is 2.19. The van der Waals surface area contributed by atoms with E-state index in [0.717, 1.165) is 12.8 Å². The van der Waals surface area contributed by atoms with Gasteiger partial charge in [-0.15, -0.1) is 0 Å². The van der Waals surface area contributed by atoms with Gasteiger partial charge < -0.3 is 10.1 Å². The van der Waals surface area contributed by atoms with E-state index in [4.69, 9.17) is 4.74 Å². The Morgan fingerprint density at radius 3 is 2.75 bits per heavy atom. The number of carbonyl (C=O) groups is 1. The van der Waals surface area contributed by atoms with E-state index in [1.807, 2.05) is 0 Å². The van der Waals surface area contributed by atoms with Crippen molar-refractivity contribution in [3.05, 3.63) is 0 Å². The maximum atomic E-state index is 10.9. The van der Waals surface area contributed by atoms with Crippen molar-refractivity contribution in [1.82, 2.24) is 5.32 Å². The second-order valence-electron chi connectivity index (χ2n) is 3.69. The van der Waals surface area contributed by atoms with Crippen molar-refractivity contribution in [2.45, 2.75) is 50.7 Å². The number of alkyl carbamates (subject to hydrolysis) is 1. The summed E-state index contributed by atoms with van der Waals surface area (Å²) in [6.45, 7) is 0. The lowest BCUT2D eigenvalue weighted by Gasteiger charge is -2.19. The summed E-state index contributed by atoms with van der Waals surface area (Å²) < 4.78 is 5.15. The summed E-state index contributed by atoms with van der Waals surface area (Å²) >= 11 is 0. The lowest BCUT2D eigenvalue weighted by Crippen LogP contribution is -2.32. The number of nitrogens with one attached hydrogen (secondary N) is 1. The van der Waals surface area contributed by atoms with Crippen LogP contribution in [0.5, 0.6) is 0 Å². The van der Waals surface area contributed by atoms with Crippen molar-refractivity contribution in [2.24, 2.45) is 0 Å².